The molecule has 0 aliphatic carbocycles. The first kappa shape index (κ1) is 7.31. The fourth-order valence-corrected chi connectivity index (χ4v) is 1.23. The largest absolute Gasteiger partial charge is 0.446 e. The zero-order chi connectivity index (χ0) is 8.39. The highest BCUT2D eigenvalue weighted by atomic mass is 16.3. The molecule has 0 unspecified atom stereocenters. The van der Waals surface area contributed by atoms with Gasteiger partial charge in [-0.1, -0.05) is 0 Å². The van der Waals surface area contributed by atoms with E-state index in [4.69, 9.17) is 9.52 Å². The summed E-state index contributed by atoms with van der Waals surface area (Å²) in [6.45, 7) is 0.142. The van der Waals surface area contributed by atoms with Crippen LogP contribution in [0.4, 0.5) is 0 Å². The van der Waals surface area contributed by atoms with Gasteiger partial charge in [-0.3, -0.25) is 0 Å². The van der Waals surface area contributed by atoms with E-state index in [1.165, 1.54) is 0 Å². The molecule has 2 aromatic heterocycles. The van der Waals surface area contributed by atoms with E-state index in [9.17, 15) is 0 Å². The number of aliphatic hydroxyl groups excluding tert-OH is 1. The number of hydrogen-bond acceptors (Lipinski definition) is 3. The third kappa shape index (κ3) is 1.08. The molecule has 0 bridgehead atoms. The van der Waals surface area contributed by atoms with Crippen molar-refractivity contribution in [1.29, 1.82) is 0 Å². The van der Waals surface area contributed by atoms with Crippen molar-refractivity contribution in [3.8, 4) is 0 Å². The monoisotopic (exact) mass is 163 g/mol. The molecule has 0 fully saturated rings. The average Bonchev–Trinajstić information content (AvgIpc) is 2.50. The number of hydrogen-bond donors (Lipinski definition) is 1. The van der Waals surface area contributed by atoms with Crippen molar-refractivity contribution in [2.75, 3.05) is 6.61 Å². The van der Waals surface area contributed by atoms with Crippen molar-refractivity contribution < 1.29 is 9.52 Å². The molecule has 12 heavy (non-hydrogen) atoms. The van der Waals surface area contributed by atoms with Gasteiger partial charge in [0.1, 0.15) is 0 Å². The van der Waals surface area contributed by atoms with E-state index in [1.807, 2.05) is 12.1 Å². The van der Waals surface area contributed by atoms with Crippen LogP contribution in [0.1, 0.15) is 5.56 Å². The van der Waals surface area contributed by atoms with Crippen LogP contribution in [-0.4, -0.2) is 16.7 Å². The van der Waals surface area contributed by atoms with Crippen molar-refractivity contribution in [3.63, 3.8) is 0 Å². The first-order chi connectivity index (χ1) is 5.92. The maximum absolute atomic E-state index is 8.74. The summed E-state index contributed by atoms with van der Waals surface area (Å²) >= 11 is 0. The van der Waals surface area contributed by atoms with Crippen LogP contribution >= 0.6 is 0 Å². The van der Waals surface area contributed by atoms with Gasteiger partial charge < -0.3 is 9.52 Å². The van der Waals surface area contributed by atoms with Gasteiger partial charge in [0, 0.05) is 23.8 Å². The van der Waals surface area contributed by atoms with Crippen LogP contribution < -0.4 is 0 Å². The number of nitrogens with zero attached hydrogens (tertiary/aromatic N) is 1. The smallest absolute Gasteiger partial charge is 0.226 e. The van der Waals surface area contributed by atoms with Gasteiger partial charge in [0.05, 0.1) is 6.26 Å². The van der Waals surface area contributed by atoms with Crippen molar-refractivity contribution in [2.24, 2.45) is 0 Å². The van der Waals surface area contributed by atoms with Gasteiger partial charge in [-0.2, -0.15) is 0 Å². The Labute approximate surface area is 69.7 Å². The number of aliphatic hydroxyl groups is 1. The quantitative estimate of drug-likeness (QED) is 0.727. The van der Waals surface area contributed by atoms with E-state index < -0.39 is 0 Å². The van der Waals surface area contributed by atoms with Gasteiger partial charge in [0.15, 0.2) is 0 Å². The summed E-state index contributed by atoms with van der Waals surface area (Å²) < 4.78 is 5.18. The first-order valence-corrected chi connectivity index (χ1v) is 3.84. The zero-order valence-electron chi connectivity index (χ0n) is 6.53. The number of aromatic nitrogens is 1. The third-order valence-electron chi connectivity index (χ3n) is 1.81. The Hall–Kier alpha value is -1.35. The predicted octanol–water partition coefficient (Wildman–Crippen LogP) is 1.36. The minimum Gasteiger partial charge on any atom is -0.446 e. The molecule has 0 amide bonds. The van der Waals surface area contributed by atoms with E-state index in [-0.39, 0.29) is 6.61 Å². The lowest BCUT2D eigenvalue weighted by atomic mass is 10.2. The van der Waals surface area contributed by atoms with Crippen LogP contribution in [0.5, 0.6) is 0 Å². The molecule has 62 valence electrons. The van der Waals surface area contributed by atoms with Gasteiger partial charge in [-0.25, -0.2) is 4.98 Å². The average molecular weight is 163 g/mol. The molecule has 0 radical (unpaired) electrons. The molecule has 2 heterocycles. The summed E-state index contributed by atoms with van der Waals surface area (Å²) in [6, 6.07) is 3.80. The maximum Gasteiger partial charge on any atom is 0.226 e. The first-order valence-electron chi connectivity index (χ1n) is 3.84. The predicted molar refractivity (Wildman–Crippen MR) is 44.8 cm³/mol. The SMILES string of the molecule is OCCc1coc2ncccc12. The minimum absolute atomic E-state index is 0.142. The van der Waals surface area contributed by atoms with Crippen LogP contribution in [0.2, 0.25) is 0 Å². The van der Waals surface area contributed by atoms with Crippen molar-refractivity contribution >= 4 is 11.1 Å². The van der Waals surface area contributed by atoms with E-state index in [0.717, 1.165) is 10.9 Å². The van der Waals surface area contributed by atoms with Crippen LogP contribution in [0, 0.1) is 0 Å². The van der Waals surface area contributed by atoms with Crippen molar-refractivity contribution in [2.45, 2.75) is 6.42 Å². The van der Waals surface area contributed by atoms with Gasteiger partial charge >= 0.3 is 0 Å². The van der Waals surface area contributed by atoms with Gasteiger partial charge in [0.2, 0.25) is 5.71 Å². The molecule has 3 heteroatoms. The third-order valence-corrected chi connectivity index (χ3v) is 1.81. The molecule has 3 nitrogen and oxygen atoms in total. The lowest BCUT2D eigenvalue weighted by Crippen LogP contribution is -1.87. The molecule has 2 rings (SSSR count). The molecule has 1 N–H and O–H groups in total. The highest BCUT2D eigenvalue weighted by Crippen LogP contribution is 2.18. The van der Waals surface area contributed by atoms with E-state index >= 15 is 0 Å². The Balaban J connectivity index is 2.55. The Bertz CT molecular complexity index is 381. The van der Waals surface area contributed by atoms with Crippen LogP contribution in [0.15, 0.2) is 29.0 Å². The molecule has 0 saturated heterocycles. The summed E-state index contributed by atoms with van der Waals surface area (Å²) in [5.74, 6) is 0. The molecule has 0 saturated carbocycles. The number of fused-ring (bicyclic) bond motifs is 1. The number of furan rings is 1. The van der Waals surface area contributed by atoms with Crippen LogP contribution in [0.3, 0.4) is 0 Å². The van der Waals surface area contributed by atoms with Gasteiger partial charge in [-0.15, -0.1) is 0 Å². The van der Waals surface area contributed by atoms with E-state index in [2.05, 4.69) is 4.98 Å². The van der Waals surface area contributed by atoms with E-state index in [0.29, 0.717) is 12.1 Å². The van der Waals surface area contributed by atoms with Crippen molar-refractivity contribution in [1.82, 2.24) is 4.98 Å². The molecular formula is C9H9NO2. The van der Waals surface area contributed by atoms with Crippen molar-refractivity contribution in [3.05, 3.63) is 30.2 Å². The van der Waals surface area contributed by atoms with Crippen LogP contribution in [0.25, 0.3) is 11.1 Å². The minimum atomic E-state index is 0.142. The fraction of sp³-hybridized carbons (Fsp3) is 0.222. The highest BCUT2D eigenvalue weighted by Gasteiger charge is 2.03. The molecule has 0 spiro atoms. The Morgan fingerprint density at radius 3 is 3.25 bits per heavy atom. The molecule has 2 aromatic rings. The number of rotatable bonds is 2. The molecule has 0 aliphatic heterocycles. The van der Waals surface area contributed by atoms with Gasteiger partial charge in [0.25, 0.3) is 0 Å². The van der Waals surface area contributed by atoms with Gasteiger partial charge in [-0.05, 0) is 18.6 Å². The van der Waals surface area contributed by atoms with E-state index in [1.54, 1.807) is 12.5 Å². The summed E-state index contributed by atoms with van der Waals surface area (Å²) in [7, 11) is 0. The topological polar surface area (TPSA) is 46.3 Å². The molecule has 0 aromatic carbocycles. The Morgan fingerprint density at radius 2 is 2.42 bits per heavy atom. The molecule has 0 atom stereocenters. The lowest BCUT2D eigenvalue weighted by Gasteiger charge is -1.90. The standard InChI is InChI=1S/C9H9NO2/c11-5-3-7-6-12-9-8(7)2-1-4-10-9/h1-2,4,6,11H,3,5H2. The summed E-state index contributed by atoms with van der Waals surface area (Å²) in [5, 5.41) is 9.73. The maximum atomic E-state index is 8.74. The Morgan fingerprint density at radius 1 is 1.50 bits per heavy atom. The summed E-state index contributed by atoms with van der Waals surface area (Å²) in [6.07, 6.45) is 3.96. The second-order valence-corrected chi connectivity index (χ2v) is 2.59. The highest BCUT2D eigenvalue weighted by molar-refractivity contribution is 5.77. The molecule has 0 aliphatic rings. The Kier molecular flexibility index (Phi) is 1.80. The van der Waals surface area contributed by atoms with Crippen LogP contribution in [-0.2, 0) is 6.42 Å². The normalized spacial score (nSPS) is 10.8. The lowest BCUT2D eigenvalue weighted by molar-refractivity contribution is 0.299. The second kappa shape index (κ2) is 2.95. The summed E-state index contributed by atoms with van der Waals surface area (Å²) in [4.78, 5) is 4.04. The fourth-order valence-electron chi connectivity index (χ4n) is 1.23. The summed E-state index contributed by atoms with van der Waals surface area (Å²) in [5.41, 5.74) is 1.65. The number of pyridine rings is 1. The molecular weight excluding hydrogens is 154 g/mol. The second-order valence-electron chi connectivity index (χ2n) is 2.59. The zero-order valence-corrected chi connectivity index (χ0v) is 6.53.